The van der Waals surface area contributed by atoms with Crippen LogP contribution >= 0.6 is 11.3 Å². The van der Waals surface area contributed by atoms with Crippen LogP contribution in [0.15, 0.2) is 60.7 Å². The first-order valence-electron chi connectivity index (χ1n) is 11.2. The van der Waals surface area contributed by atoms with Gasteiger partial charge in [-0.25, -0.2) is 9.78 Å². The van der Waals surface area contributed by atoms with E-state index in [0.29, 0.717) is 28.1 Å². The molecule has 2 heterocycles. The molecule has 1 unspecified atom stereocenters. The first kappa shape index (κ1) is 25.6. The summed E-state index contributed by atoms with van der Waals surface area (Å²) in [5, 5.41) is 21.2. The molecule has 2 N–H and O–H groups in total. The molecule has 0 spiro atoms. The second-order valence-corrected chi connectivity index (χ2v) is 9.22. The largest absolute Gasteiger partial charge is 0.508 e. The highest BCUT2D eigenvalue weighted by Gasteiger charge is 2.48. The van der Waals surface area contributed by atoms with Gasteiger partial charge >= 0.3 is 11.9 Å². The number of amides is 1. The van der Waals surface area contributed by atoms with Crippen molar-refractivity contribution in [1.82, 2.24) is 4.98 Å². The number of aromatic nitrogens is 1. The molecular weight excluding hydrogens is 496 g/mol. The Kier molecular flexibility index (Phi) is 7.12. The fourth-order valence-electron chi connectivity index (χ4n) is 4.05. The molecule has 10 heteroatoms. The minimum atomic E-state index is -1.07. The van der Waals surface area contributed by atoms with Crippen LogP contribution in [0.2, 0.25) is 0 Å². The number of ether oxygens (including phenoxy) is 2. The molecule has 2 aromatic carbocycles. The van der Waals surface area contributed by atoms with Gasteiger partial charge in [-0.3, -0.25) is 14.5 Å². The summed E-state index contributed by atoms with van der Waals surface area (Å²) in [7, 11) is 1.52. The summed E-state index contributed by atoms with van der Waals surface area (Å²) in [6, 6.07) is 9.81. The van der Waals surface area contributed by atoms with E-state index in [1.165, 1.54) is 25.3 Å². The van der Waals surface area contributed by atoms with Crippen molar-refractivity contribution in [2.45, 2.75) is 19.9 Å². The van der Waals surface area contributed by atoms with E-state index in [9.17, 15) is 24.6 Å². The maximum atomic E-state index is 13.3. The molecule has 1 fully saturated rings. The Morgan fingerprint density at radius 3 is 2.51 bits per heavy atom. The van der Waals surface area contributed by atoms with Gasteiger partial charge in [-0.15, -0.1) is 0 Å². The number of hydrogen-bond donors (Lipinski definition) is 2. The fraction of sp³-hybridized carbons (Fsp3) is 0.185. The zero-order chi connectivity index (χ0) is 26.9. The number of aliphatic hydroxyl groups is 1. The molecule has 1 atom stereocenters. The molecule has 9 nitrogen and oxygen atoms in total. The lowest BCUT2D eigenvalue weighted by molar-refractivity contribution is -0.132. The van der Waals surface area contributed by atoms with Gasteiger partial charge in [0.15, 0.2) is 5.13 Å². The number of aliphatic hydroxyl groups excluding tert-OH is 1. The predicted molar refractivity (Wildman–Crippen MR) is 138 cm³/mol. The van der Waals surface area contributed by atoms with Crippen LogP contribution in [0.5, 0.6) is 11.5 Å². The molecule has 1 aromatic heterocycles. The Morgan fingerprint density at radius 2 is 1.89 bits per heavy atom. The second-order valence-electron chi connectivity index (χ2n) is 8.24. The molecule has 1 saturated heterocycles. The number of ketones is 1. The normalized spacial score (nSPS) is 16.6. The summed E-state index contributed by atoms with van der Waals surface area (Å²) in [6.45, 7) is 6.86. The molecule has 1 amide bonds. The average molecular weight is 521 g/mol. The molecule has 0 radical (unpaired) electrons. The Labute approximate surface area is 216 Å². The number of esters is 1. The van der Waals surface area contributed by atoms with Gasteiger partial charge in [0.25, 0.3) is 5.78 Å². The maximum absolute atomic E-state index is 13.3. The number of rotatable bonds is 7. The van der Waals surface area contributed by atoms with Crippen LogP contribution in [-0.4, -0.2) is 46.6 Å². The number of Topliss-reactive ketones (excluding diaryl/α,β-unsaturated/α-hetero) is 1. The number of carbonyl (C=O) groups excluding carboxylic acids is 3. The number of methoxy groups -OCH3 is 1. The highest BCUT2D eigenvalue weighted by molar-refractivity contribution is 7.17. The van der Waals surface area contributed by atoms with Crippen LogP contribution in [0.4, 0.5) is 5.13 Å². The third-order valence-electron chi connectivity index (χ3n) is 5.85. The second kappa shape index (κ2) is 10.3. The van der Waals surface area contributed by atoms with Crippen molar-refractivity contribution in [3.8, 4) is 11.5 Å². The van der Waals surface area contributed by atoms with Gasteiger partial charge in [0.1, 0.15) is 28.7 Å². The molecule has 1 aliphatic rings. The van der Waals surface area contributed by atoms with Crippen LogP contribution in [0.1, 0.15) is 38.1 Å². The van der Waals surface area contributed by atoms with Crippen LogP contribution in [0.25, 0.3) is 5.76 Å². The third-order valence-corrected chi connectivity index (χ3v) is 6.99. The first-order valence-corrected chi connectivity index (χ1v) is 12.0. The number of phenols is 1. The van der Waals surface area contributed by atoms with Crippen molar-refractivity contribution in [1.29, 1.82) is 0 Å². The minimum Gasteiger partial charge on any atom is -0.508 e. The van der Waals surface area contributed by atoms with E-state index in [1.807, 2.05) is 0 Å². The summed E-state index contributed by atoms with van der Waals surface area (Å²) in [6.07, 6.45) is 1.43. The number of nitrogens with zero attached hydrogens (tertiary/aromatic N) is 2. The van der Waals surface area contributed by atoms with Crippen molar-refractivity contribution < 1.29 is 34.1 Å². The van der Waals surface area contributed by atoms with Crippen molar-refractivity contribution in [2.24, 2.45) is 0 Å². The summed E-state index contributed by atoms with van der Waals surface area (Å²) >= 11 is 0.903. The Bertz CT molecular complexity index is 1440. The number of hydrogen-bond acceptors (Lipinski definition) is 9. The van der Waals surface area contributed by atoms with Gasteiger partial charge in [0, 0.05) is 5.56 Å². The molecule has 0 aliphatic carbocycles. The number of thiazole rings is 1. The quantitative estimate of drug-likeness (QED) is 0.154. The Balaban J connectivity index is 1.89. The third kappa shape index (κ3) is 4.70. The molecule has 1 aliphatic heterocycles. The van der Waals surface area contributed by atoms with Crippen LogP contribution in [0.3, 0.4) is 0 Å². The first-order chi connectivity index (χ1) is 17.7. The molecule has 190 valence electrons. The number of anilines is 1. The summed E-state index contributed by atoms with van der Waals surface area (Å²) in [5.74, 6) is -2.26. The zero-order valence-electron chi connectivity index (χ0n) is 20.3. The number of phenolic OH excluding ortho intramolecular Hbond substituents is 1. The van der Waals surface area contributed by atoms with Crippen LogP contribution < -0.4 is 9.64 Å². The molecule has 0 saturated carbocycles. The topological polar surface area (TPSA) is 126 Å². The Hall–Kier alpha value is -4.44. The fourth-order valence-corrected chi connectivity index (χ4v) is 5.04. The zero-order valence-corrected chi connectivity index (χ0v) is 21.2. The summed E-state index contributed by atoms with van der Waals surface area (Å²) in [4.78, 5) is 44.9. The standard InChI is InChI=1S/C27H24N2O7S/c1-5-12-36-26(34)24-15(3)28-27(37-24)29-21(16-6-8-17(30)9-7-16)20(23(32)25(29)33)22(31)19-11-10-18(35-4)13-14(19)2/h5-11,13,21,30-31H,1,12H2,2-4H3. The van der Waals surface area contributed by atoms with Gasteiger partial charge < -0.3 is 19.7 Å². The SMILES string of the molecule is C=CCOC(=O)c1sc(N2C(=O)C(=O)C(=C(O)c3ccc(OC)cc3C)C2c2ccc(O)cc2)nc1C. The van der Waals surface area contributed by atoms with Crippen molar-refractivity contribution in [3.63, 3.8) is 0 Å². The monoisotopic (exact) mass is 520 g/mol. The molecule has 4 rings (SSSR count). The summed E-state index contributed by atoms with van der Waals surface area (Å²) in [5.41, 5.74) is 1.61. The van der Waals surface area contributed by atoms with Gasteiger partial charge in [-0.1, -0.05) is 36.1 Å². The van der Waals surface area contributed by atoms with Crippen LogP contribution in [0, 0.1) is 13.8 Å². The van der Waals surface area contributed by atoms with E-state index >= 15 is 0 Å². The number of aromatic hydroxyl groups is 1. The van der Waals surface area contributed by atoms with Crippen molar-refractivity contribution in [3.05, 3.63) is 88.0 Å². The van der Waals surface area contributed by atoms with E-state index in [-0.39, 0.29) is 33.7 Å². The maximum Gasteiger partial charge on any atom is 0.350 e. The van der Waals surface area contributed by atoms with Gasteiger partial charge in [0.05, 0.1) is 24.4 Å². The summed E-state index contributed by atoms with van der Waals surface area (Å²) < 4.78 is 10.3. The number of aryl methyl sites for hydroxylation is 2. The van der Waals surface area contributed by atoms with Gasteiger partial charge in [-0.05, 0) is 55.3 Å². The highest BCUT2D eigenvalue weighted by atomic mass is 32.1. The van der Waals surface area contributed by atoms with E-state index in [2.05, 4.69) is 11.6 Å². The van der Waals surface area contributed by atoms with Crippen LogP contribution in [-0.2, 0) is 14.3 Å². The van der Waals surface area contributed by atoms with E-state index in [1.54, 1.807) is 44.2 Å². The molecule has 0 bridgehead atoms. The van der Waals surface area contributed by atoms with Crippen molar-refractivity contribution >= 4 is 39.9 Å². The van der Waals surface area contributed by atoms with Gasteiger partial charge in [-0.2, -0.15) is 0 Å². The Morgan fingerprint density at radius 1 is 1.19 bits per heavy atom. The average Bonchev–Trinajstić information content (AvgIpc) is 3.39. The molecule has 37 heavy (non-hydrogen) atoms. The predicted octanol–water partition coefficient (Wildman–Crippen LogP) is 4.44. The molecule has 3 aromatic rings. The number of benzene rings is 2. The molecular formula is C27H24N2O7S. The van der Waals surface area contributed by atoms with E-state index < -0.39 is 23.7 Å². The van der Waals surface area contributed by atoms with E-state index in [4.69, 9.17) is 9.47 Å². The smallest absolute Gasteiger partial charge is 0.350 e. The lowest BCUT2D eigenvalue weighted by Crippen LogP contribution is -2.29. The lowest BCUT2D eigenvalue weighted by Gasteiger charge is -2.23. The minimum absolute atomic E-state index is 0.00470. The van der Waals surface area contributed by atoms with Gasteiger partial charge in [0.2, 0.25) is 0 Å². The van der Waals surface area contributed by atoms with Crippen molar-refractivity contribution in [2.75, 3.05) is 18.6 Å². The van der Waals surface area contributed by atoms with E-state index in [0.717, 1.165) is 16.2 Å². The highest BCUT2D eigenvalue weighted by Crippen LogP contribution is 2.44. The number of carbonyl (C=O) groups is 3. The lowest BCUT2D eigenvalue weighted by atomic mass is 9.94.